The summed E-state index contributed by atoms with van der Waals surface area (Å²) in [5.74, 6) is -0.874. The van der Waals surface area contributed by atoms with Crippen LogP contribution in [0.5, 0.6) is 0 Å². The van der Waals surface area contributed by atoms with Crippen LogP contribution in [0.15, 0.2) is 52.3 Å². The molecule has 20 heavy (non-hydrogen) atoms. The van der Waals surface area contributed by atoms with Crippen molar-refractivity contribution in [2.24, 2.45) is 0 Å². The molecule has 104 valence electrons. The number of halogens is 1. The molecule has 0 atom stereocenters. The lowest BCUT2D eigenvalue weighted by Gasteiger charge is -2.06. The summed E-state index contributed by atoms with van der Waals surface area (Å²) in [6, 6.07) is 13.9. The average molecular weight is 307 g/mol. The molecule has 0 amide bonds. The molecule has 2 aromatic rings. The molecule has 2 aromatic carbocycles. The molecular formula is C16H15ClO2S. The van der Waals surface area contributed by atoms with Crippen LogP contribution >= 0.6 is 23.4 Å². The highest BCUT2D eigenvalue weighted by Crippen LogP contribution is 2.31. The van der Waals surface area contributed by atoms with Crippen LogP contribution in [0.1, 0.15) is 18.1 Å². The predicted octanol–water partition coefficient (Wildman–Crippen LogP) is 4.68. The molecule has 0 heterocycles. The highest BCUT2D eigenvalue weighted by atomic mass is 35.5. The minimum atomic E-state index is -0.874. The summed E-state index contributed by atoms with van der Waals surface area (Å²) in [5.41, 5.74) is 1.95. The highest BCUT2D eigenvalue weighted by molar-refractivity contribution is 7.99. The van der Waals surface area contributed by atoms with E-state index in [4.69, 9.17) is 16.7 Å². The van der Waals surface area contributed by atoms with E-state index >= 15 is 0 Å². The van der Waals surface area contributed by atoms with Crippen molar-refractivity contribution in [1.29, 1.82) is 0 Å². The fraction of sp³-hybridized carbons (Fsp3) is 0.188. The van der Waals surface area contributed by atoms with E-state index in [1.54, 1.807) is 17.8 Å². The van der Waals surface area contributed by atoms with Gasteiger partial charge in [0.15, 0.2) is 0 Å². The minimum absolute atomic E-state index is 0.0536. The third kappa shape index (κ3) is 4.02. The molecular weight excluding hydrogens is 292 g/mol. The Hall–Kier alpha value is -1.45. The maximum atomic E-state index is 10.8. The van der Waals surface area contributed by atoms with Gasteiger partial charge in [0.05, 0.1) is 6.42 Å². The standard InChI is InChI=1S/C16H15ClO2S/c1-2-11-3-5-13(6-4-11)20-14-7-8-15(17)12(9-14)10-16(18)19/h3-9H,2,10H2,1H3,(H,18,19). The highest BCUT2D eigenvalue weighted by Gasteiger charge is 2.07. The quantitative estimate of drug-likeness (QED) is 0.871. The Morgan fingerprint density at radius 3 is 2.40 bits per heavy atom. The number of aryl methyl sites for hydroxylation is 1. The fourth-order valence-corrected chi connectivity index (χ4v) is 2.91. The van der Waals surface area contributed by atoms with Crippen molar-refractivity contribution in [2.45, 2.75) is 29.6 Å². The third-order valence-electron chi connectivity index (χ3n) is 2.93. The summed E-state index contributed by atoms with van der Waals surface area (Å²) in [6.45, 7) is 2.12. The van der Waals surface area contributed by atoms with Gasteiger partial charge in [-0.05, 0) is 47.9 Å². The van der Waals surface area contributed by atoms with Gasteiger partial charge in [-0.1, -0.05) is 42.4 Å². The molecule has 1 N–H and O–H groups in total. The second-order valence-corrected chi connectivity index (χ2v) is 5.98. The Morgan fingerprint density at radius 1 is 1.15 bits per heavy atom. The van der Waals surface area contributed by atoms with Crippen molar-refractivity contribution in [3.8, 4) is 0 Å². The normalized spacial score (nSPS) is 10.5. The zero-order valence-corrected chi connectivity index (χ0v) is 12.7. The SMILES string of the molecule is CCc1ccc(Sc2ccc(Cl)c(CC(=O)O)c2)cc1. The van der Waals surface area contributed by atoms with Crippen molar-refractivity contribution >= 4 is 29.3 Å². The van der Waals surface area contributed by atoms with Gasteiger partial charge in [-0.25, -0.2) is 0 Å². The monoisotopic (exact) mass is 306 g/mol. The fourth-order valence-electron chi connectivity index (χ4n) is 1.84. The molecule has 2 nitrogen and oxygen atoms in total. The maximum Gasteiger partial charge on any atom is 0.307 e. The second-order valence-electron chi connectivity index (χ2n) is 4.42. The number of carbonyl (C=O) groups is 1. The average Bonchev–Trinajstić information content (AvgIpc) is 2.43. The summed E-state index contributed by atoms with van der Waals surface area (Å²) < 4.78 is 0. The minimum Gasteiger partial charge on any atom is -0.481 e. The van der Waals surface area contributed by atoms with E-state index < -0.39 is 5.97 Å². The first-order valence-corrected chi connectivity index (χ1v) is 7.55. The Labute approximate surface area is 127 Å². The van der Waals surface area contributed by atoms with Gasteiger partial charge in [0.2, 0.25) is 0 Å². The third-order valence-corrected chi connectivity index (χ3v) is 4.29. The van der Waals surface area contributed by atoms with E-state index in [0.29, 0.717) is 10.6 Å². The Kier molecular flexibility index (Phi) is 5.10. The molecule has 0 spiro atoms. The van der Waals surface area contributed by atoms with Gasteiger partial charge >= 0.3 is 5.97 Å². The second kappa shape index (κ2) is 6.82. The van der Waals surface area contributed by atoms with Crippen molar-refractivity contribution in [3.63, 3.8) is 0 Å². The summed E-state index contributed by atoms with van der Waals surface area (Å²) in [6.07, 6.45) is 0.969. The lowest BCUT2D eigenvalue weighted by atomic mass is 10.1. The predicted molar refractivity (Wildman–Crippen MR) is 82.7 cm³/mol. The first-order chi connectivity index (χ1) is 9.58. The molecule has 0 aromatic heterocycles. The van der Waals surface area contributed by atoms with Crippen LogP contribution < -0.4 is 0 Å². The molecule has 4 heteroatoms. The molecule has 0 saturated heterocycles. The van der Waals surface area contributed by atoms with Gasteiger partial charge in [0, 0.05) is 14.8 Å². The number of hydrogen-bond donors (Lipinski definition) is 1. The van der Waals surface area contributed by atoms with E-state index in [0.717, 1.165) is 16.2 Å². The molecule has 0 radical (unpaired) electrons. The molecule has 0 fully saturated rings. The zero-order chi connectivity index (χ0) is 14.5. The van der Waals surface area contributed by atoms with Crippen LogP contribution in [-0.4, -0.2) is 11.1 Å². The Morgan fingerprint density at radius 2 is 1.80 bits per heavy atom. The van der Waals surface area contributed by atoms with Crippen LogP contribution in [0.2, 0.25) is 5.02 Å². The maximum absolute atomic E-state index is 10.8. The number of rotatable bonds is 5. The van der Waals surface area contributed by atoms with E-state index in [9.17, 15) is 4.79 Å². The van der Waals surface area contributed by atoms with Gasteiger partial charge in [0.25, 0.3) is 0 Å². The lowest BCUT2D eigenvalue weighted by Crippen LogP contribution is -2.00. The molecule has 0 aliphatic carbocycles. The van der Waals surface area contributed by atoms with E-state index in [2.05, 4.69) is 31.2 Å². The van der Waals surface area contributed by atoms with Gasteiger partial charge < -0.3 is 5.11 Å². The van der Waals surface area contributed by atoms with Crippen LogP contribution in [0, 0.1) is 0 Å². The van der Waals surface area contributed by atoms with Crippen LogP contribution in [0.4, 0.5) is 0 Å². The van der Waals surface area contributed by atoms with Crippen LogP contribution in [0.25, 0.3) is 0 Å². The Bertz CT molecular complexity index is 608. The zero-order valence-electron chi connectivity index (χ0n) is 11.1. The van der Waals surface area contributed by atoms with Gasteiger partial charge in [-0.3, -0.25) is 4.79 Å². The molecule has 0 aliphatic heterocycles. The van der Waals surface area contributed by atoms with Crippen LogP contribution in [0.3, 0.4) is 0 Å². The van der Waals surface area contributed by atoms with E-state index in [1.807, 2.05) is 12.1 Å². The molecule has 2 rings (SSSR count). The lowest BCUT2D eigenvalue weighted by molar-refractivity contribution is -0.136. The molecule has 0 aliphatic rings. The topological polar surface area (TPSA) is 37.3 Å². The van der Waals surface area contributed by atoms with Crippen molar-refractivity contribution in [3.05, 3.63) is 58.6 Å². The summed E-state index contributed by atoms with van der Waals surface area (Å²) in [5, 5.41) is 9.36. The molecule has 0 bridgehead atoms. The number of benzene rings is 2. The summed E-state index contributed by atoms with van der Waals surface area (Å²) >= 11 is 7.62. The first-order valence-electron chi connectivity index (χ1n) is 6.35. The van der Waals surface area contributed by atoms with Crippen molar-refractivity contribution in [2.75, 3.05) is 0 Å². The number of carboxylic acid groups (broad SMARTS) is 1. The largest absolute Gasteiger partial charge is 0.481 e. The molecule has 0 unspecified atom stereocenters. The van der Waals surface area contributed by atoms with Gasteiger partial charge in [-0.15, -0.1) is 0 Å². The smallest absolute Gasteiger partial charge is 0.307 e. The molecule has 0 saturated carbocycles. The van der Waals surface area contributed by atoms with Crippen LogP contribution in [-0.2, 0) is 17.6 Å². The summed E-state index contributed by atoms with van der Waals surface area (Å²) in [4.78, 5) is 12.9. The first kappa shape index (κ1) is 14.9. The number of hydrogen-bond acceptors (Lipinski definition) is 2. The van der Waals surface area contributed by atoms with Gasteiger partial charge in [-0.2, -0.15) is 0 Å². The van der Waals surface area contributed by atoms with Crippen molar-refractivity contribution < 1.29 is 9.90 Å². The van der Waals surface area contributed by atoms with Crippen molar-refractivity contribution in [1.82, 2.24) is 0 Å². The van der Waals surface area contributed by atoms with E-state index in [1.165, 1.54) is 5.56 Å². The summed E-state index contributed by atoms with van der Waals surface area (Å²) in [7, 11) is 0. The van der Waals surface area contributed by atoms with Gasteiger partial charge in [0.1, 0.15) is 0 Å². The van der Waals surface area contributed by atoms with E-state index in [-0.39, 0.29) is 6.42 Å². The number of aliphatic carboxylic acids is 1. The number of carboxylic acids is 1. The Balaban J connectivity index is 2.18.